The van der Waals surface area contributed by atoms with E-state index in [0.717, 1.165) is 24.0 Å². The molecule has 0 aromatic heterocycles. The fourth-order valence-electron chi connectivity index (χ4n) is 3.18. The van der Waals surface area contributed by atoms with E-state index in [2.05, 4.69) is 18.2 Å². The maximum absolute atomic E-state index is 12.0. The summed E-state index contributed by atoms with van der Waals surface area (Å²) < 4.78 is 4.96. The molecule has 0 aliphatic heterocycles. The first kappa shape index (κ1) is 16.1. The Morgan fingerprint density at radius 1 is 0.857 bits per heavy atom. The SMILES string of the molecule is COC(=O)c1cc2ccc1CCCCCCCCCCC2. The molecule has 3 rings (SSSR count). The number of carbonyl (C=O) groups is 1. The van der Waals surface area contributed by atoms with Gasteiger partial charge in [-0.25, -0.2) is 4.79 Å². The summed E-state index contributed by atoms with van der Waals surface area (Å²) in [4.78, 5) is 12.0. The van der Waals surface area contributed by atoms with Crippen LogP contribution in [0.4, 0.5) is 0 Å². The topological polar surface area (TPSA) is 26.3 Å². The van der Waals surface area contributed by atoms with Crippen molar-refractivity contribution in [3.63, 3.8) is 0 Å². The van der Waals surface area contributed by atoms with Gasteiger partial charge in [0.25, 0.3) is 0 Å². The highest BCUT2D eigenvalue weighted by molar-refractivity contribution is 5.91. The molecule has 2 bridgehead atoms. The predicted octanol–water partition coefficient (Wildman–Crippen LogP) is 5.08. The van der Waals surface area contributed by atoms with E-state index in [1.165, 1.54) is 70.5 Å². The monoisotopic (exact) mass is 288 g/mol. The van der Waals surface area contributed by atoms with Gasteiger partial charge in [-0.15, -0.1) is 0 Å². The summed E-state index contributed by atoms with van der Waals surface area (Å²) in [6, 6.07) is 6.39. The fourth-order valence-corrected chi connectivity index (χ4v) is 3.18. The van der Waals surface area contributed by atoms with Crippen molar-refractivity contribution in [3.05, 3.63) is 34.9 Å². The van der Waals surface area contributed by atoms with Crippen molar-refractivity contribution in [1.82, 2.24) is 0 Å². The van der Waals surface area contributed by atoms with Crippen molar-refractivity contribution < 1.29 is 9.53 Å². The van der Waals surface area contributed by atoms with Gasteiger partial charge in [-0.05, 0) is 42.9 Å². The van der Waals surface area contributed by atoms with Crippen molar-refractivity contribution in [2.75, 3.05) is 7.11 Å². The number of carbonyl (C=O) groups excluding carboxylic acids is 1. The molecule has 0 fully saturated rings. The standard InChI is InChI=1S/C19H28O2/c1-21-19(20)18-15-16-11-9-7-5-3-2-4-6-8-10-12-17(18)14-13-16/h13-15H,2-12H2,1H3. The van der Waals surface area contributed by atoms with E-state index in [0.29, 0.717) is 0 Å². The third-order valence-corrected chi connectivity index (χ3v) is 4.49. The fraction of sp³-hybridized carbons (Fsp3) is 0.632. The van der Waals surface area contributed by atoms with Crippen molar-refractivity contribution in [1.29, 1.82) is 0 Å². The Morgan fingerprint density at radius 2 is 1.43 bits per heavy atom. The second-order valence-electron chi connectivity index (χ2n) is 6.17. The van der Waals surface area contributed by atoms with Gasteiger partial charge in [0, 0.05) is 0 Å². The number of hydrogen-bond acceptors (Lipinski definition) is 2. The summed E-state index contributed by atoms with van der Waals surface area (Å²) in [6.45, 7) is 0. The first-order valence-corrected chi connectivity index (χ1v) is 8.51. The quantitative estimate of drug-likeness (QED) is 0.673. The predicted molar refractivity (Wildman–Crippen MR) is 86.7 cm³/mol. The Balaban J connectivity index is 2.12. The molecular formula is C19H28O2. The molecule has 0 amide bonds. The first-order chi connectivity index (χ1) is 10.3. The lowest BCUT2D eigenvalue weighted by atomic mass is 9.97. The van der Waals surface area contributed by atoms with Gasteiger partial charge in [-0.3, -0.25) is 0 Å². The highest BCUT2D eigenvalue weighted by Crippen LogP contribution is 2.20. The smallest absolute Gasteiger partial charge is 0.338 e. The molecule has 2 nitrogen and oxygen atoms in total. The molecule has 0 atom stereocenters. The number of fused-ring (bicyclic) bond motifs is 12. The van der Waals surface area contributed by atoms with Gasteiger partial charge in [0.2, 0.25) is 0 Å². The second-order valence-corrected chi connectivity index (χ2v) is 6.17. The van der Waals surface area contributed by atoms with Gasteiger partial charge < -0.3 is 4.74 Å². The summed E-state index contributed by atoms with van der Waals surface area (Å²) >= 11 is 0. The number of hydrogen-bond donors (Lipinski definition) is 0. The molecule has 0 N–H and O–H groups in total. The zero-order chi connectivity index (χ0) is 14.9. The van der Waals surface area contributed by atoms with E-state index in [9.17, 15) is 4.79 Å². The van der Waals surface area contributed by atoms with Gasteiger partial charge in [-0.2, -0.15) is 0 Å². The third-order valence-electron chi connectivity index (χ3n) is 4.49. The minimum atomic E-state index is -0.184. The Hall–Kier alpha value is -1.31. The lowest BCUT2D eigenvalue weighted by Gasteiger charge is -2.10. The molecule has 2 aliphatic carbocycles. The van der Waals surface area contributed by atoms with Crippen LogP contribution in [-0.2, 0) is 17.6 Å². The Kier molecular flexibility index (Phi) is 6.78. The second kappa shape index (κ2) is 8.86. The van der Waals surface area contributed by atoms with Crippen molar-refractivity contribution in [2.45, 2.75) is 70.6 Å². The van der Waals surface area contributed by atoms with Crippen LogP contribution < -0.4 is 0 Å². The first-order valence-electron chi connectivity index (χ1n) is 8.51. The Bertz CT molecular complexity index is 451. The van der Waals surface area contributed by atoms with Crippen LogP contribution in [0.15, 0.2) is 18.2 Å². The minimum absolute atomic E-state index is 0.184. The van der Waals surface area contributed by atoms with Gasteiger partial charge in [0.15, 0.2) is 0 Å². The molecule has 2 heteroatoms. The molecule has 1 aromatic rings. The van der Waals surface area contributed by atoms with E-state index < -0.39 is 0 Å². The maximum atomic E-state index is 12.0. The highest BCUT2D eigenvalue weighted by atomic mass is 16.5. The maximum Gasteiger partial charge on any atom is 0.338 e. The molecule has 0 radical (unpaired) electrons. The summed E-state index contributed by atoms with van der Waals surface area (Å²) in [5.74, 6) is -0.184. The highest BCUT2D eigenvalue weighted by Gasteiger charge is 2.12. The number of methoxy groups -OCH3 is 1. The summed E-state index contributed by atoms with van der Waals surface area (Å²) in [5, 5.41) is 0. The molecule has 1 aromatic carbocycles. The molecule has 0 unspecified atom stereocenters. The van der Waals surface area contributed by atoms with Gasteiger partial charge in [0.05, 0.1) is 12.7 Å². The molecule has 0 saturated heterocycles. The molecule has 2 aliphatic rings. The lowest BCUT2D eigenvalue weighted by molar-refractivity contribution is 0.0599. The molecule has 0 spiro atoms. The van der Waals surface area contributed by atoms with Crippen LogP contribution in [0, 0.1) is 0 Å². The molecule has 0 heterocycles. The normalized spacial score (nSPS) is 17.8. The molecule has 21 heavy (non-hydrogen) atoms. The van der Waals surface area contributed by atoms with Crippen molar-refractivity contribution >= 4 is 5.97 Å². The van der Waals surface area contributed by atoms with Crippen LogP contribution in [0.2, 0.25) is 0 Å². The average Bonchev–Trinajstić information content (AvgIpc) is 2.53. The van der Waals surface area contributed by atoms with Crippen LogP contribution in [0.1, 0.15) is 79.3 Å². The van der Waals surface area contributed by atoms with Crippen molar-refractivity contribution in [2.24, 2.45) is 0 Å². The third kappa shape index (κ3) is 5.18. The van der Waals surface area contributed by atoms with Crippen LogP contribution in [0.5, 0.6) is 0 Å². The number of ether oxygens (including phenoxy) is 1. The summed E-state index contributed by atoms with van der Waals surface area (Å²) in [7, 11) is 1.47. The minimum Gasteiger partial charge on any atom is -0.465 e. The number of benzene rings is 1. The summed E-state index contributed by atoms with van der Waals surface area (Å²) in [6.07, 6.45) is 13.8. The van der Waals surface area contributed by atoms with Gasteiger partial charge >= 0.3 is 5.97 Å². The van der Waals surface area contributed by atoms with E-state index in [1.807, 2.05) is 0 Å². The number of esters is 1. The number of aryl methyl sites for hydroxylation is 2. The number of rotatable bonds is 1. The van der Waals surface area contributed by atoms with Gasteiger partial charge in [0.1, 0.15) is 0 Å². The van der Waals surface area contributed by atoms with Gasteiger partial charge in [-0.1, -0.05) is 57.1 Å². The van der Waals surface area contributed by atoms with Crippen LogP contribution in [-0.4, -0.2) is 13.1 Å². The average molecular weight is 288 g/mol. The summed E-state index contributed by atoms with van der Waals surface area (Å²) in [5.41, 5.74) is 3.21. The van der Waals surface area contributed by atoms with E-state index in [-0.39, 0.29) is 5.97 Å². The van der Waals surface area contributed by atoms with Crippen LogP contribution in [0.25, 0.3) is 0 Å². The van der Waals surface area contributed by atoms with E-state index in [1.54, 1.807) is 0 Å². The van der Waals surface area contributed by atoms with Crippen LogP contribution in [0.3, 0.4) is 0 Å². The molecule has 116 valence electrons. The Labute approximate surface area is 128 Å². The van der Waals surface area contributed by atoms with Crippen LogP contribution >= 0.6 is 0 Å². The zero-order valence-corrected chi connectivity index (χ0v) is 13.3. The van der Waals surface area contributed by atoms with E-state index >= 15 is 0 Å². The largest absolute Gasteiger partial charge is 0.465 e. The Morgan fingerprint density at radius 3 is 2.05 bits per heavy atom. The molecular weight excluding hydrogens is 260 g/mol. The molecule has 0 saturated carbocycles. The zero-order valence-electron chi connectivity index (χ0n) is 13.3. The van der Waals surface area contributed by atoms with Crippen molar-refractivity contribution in [3.8, 4) is 0 Å². The lowest BCUT2D eigenvalue weighted by Crippen LogP contribution is -2.07. The van der Waals surface area contributed by atoms with E-state index in [4.69, 9.17) is 4.74 Å².